The van der Waals surface area contributed by atoms with E-state index in [9.17, 15) is 4.79 Å². The Balaban J connectivity index is 1.62. The van der Waals surface area contributed by atoms with E-state index in [4.69, 9.17) is 4.74 Å². The number of hydrogen-bond donors (Lipinski definition) is 1. The number of amides is 1. The van der Waals surface area contributed by atoms with Crippen molar-refractivity contribution in [2.45, 2.75) is 26.8 Å². The van der Waals surface area contributed by atoms with Gasteiger partial charge in [-0.25, -0.2) is 0 Å². The van der Waals surface area contributed by atoms with E-state index in [1.807, 2.05) is 12.4 Å². The maximum Gasteiger partial charge on any atom is 0.224 e. The van der Waals surface area contributed by atoms with Gasteiger partial charge in [-0.2, -0.15) is 0 Å². The van der Waals surface area contributed by atoms with E-state index in [1.165, 1.54) is 5.56 Å². The lowest BCUT2D eigenvalue weighted by atomic mass is 9.87. The number of carbonyl (C=O) groups is 1. The summed E-state index contributed by atoms with van der Waals surface area (Å²) in [6.45, 7) is 12.5. The Labute approximate surface area is 163 Å². The van der Waals surface area contributed by atoms with Crippen molar-refractivity contribution in [2.24, 2.45) is 17.8 Å². The van der Waals surface area contributed by atoms with Crippen molar-refractivity contribution in [3.05, 3.63) is 30.1 Å². The highest BCUT2D eigenvalue weighted by molar-refractivity contribution is 5.79. The molecular formula is C21H34N4O2. The second-order valence-electron chi connectivity index (χ2n) is 8.40. The Morgan fingerprint density at radius 2 is 1.96 bits per heavy atom. The number of carbonyl (C=O) groups excluding carboxylic acids is 1. The lowest BCUT2D eigenvalue weighted by Crippen LogP contribution is -2.50. The van der Waals surface area contributed by atoms with Crippen LogP contribution >= 0.6 is 0 Å². The second-order valence-corrected chi connectivity index (χ2v) is 8.40. The zero-order valence-corrected chi connectivity index (χ0v) is 16.8. The minimum Gasteiger partial charge on any atom is -0.379 e. The van der Waals surface area contributed by atoms with Crippen molar-refractivity contribution in [3.63, 3.8) is 0 Å². The molecule has 2 atom stereocenters. The normalized spacial score (nSPS) is 24.9. The summed E-state index contributed by atoms with van der Waals surface area (Å²) in [5, 5.41) is 3.15. The number of morpholine rings is 1. The van der Waals surface area contributed by atoms with E-state index in [2.05, 4.69) is 46.1 Å². The van der Waals surface area contributed by atoms with Crippen LogP contribution in [0.25, 0.3) is 0 Å². The molecule has 0 unspecified atom stereocenters. The number of piperidine rings is 1. The highest BCUT2D eigenvalue weighted by Gasteiger charge is 2.32. The Morgan fingerprint density at radius 3 is 2.67 bits per heavy atom. The Morgan fingerprint density at radius 1 is 1.22 bits per heavy atom. The first-order valence-corrected chi connectivity index (χ1v) is 10.3. The van der Waals surface area contributed by atoms with Gasteiger partial charge in [-0.15, -0.1) is 0 Å². The van der Waals surface area contributed by atoms with Crippen LogP contribution in [0.1, 0.15) is 25.8 Å². The number of ether oxygens (including phenoxy) is 1. The van der Waals surface area contributed by atoms with Gasteiger partial charge in [0.15, 0.2) is 0 Å². The minimum absolute atomic E-state index is 0.0744. The summed E-state index contributed by atoms with van der Waals surface area (Å²) >= 11 is 0. The van der Waals surface area contributed by atoms with Crippen molar-refractivity contribution >= 4 is 5.91 Å². The Kier molecular flexibility index (Phi) is 7.61. The summed E-state index contributed by atoms with van der Waals surface area (Å²) in [5.74, 6) is 1.29. The van der Waals surface area contributed by atoms with E-state index in [0.717, 1.165) is 65.4 Å². The molecule has 0 bridgehead atoms. The molecule has 0 radical (unpaired) electrons. The van der Waals surface area contributed by atoms with Gasteiger partial charge in [-0.3, -0.25) is 19.6 Å². The summed E-state index contributed by atoms with van der Waals surface area (Å²) in [4.78, 5) is 21.8. The maximum atomic E-state index is 12.8. The summed E-state index contributed by atoms with van der Waals surface area (Å²) in [7, 11) is 0. The van der Waals surface area contributed by atoms with Crippen LogP contribution in [0.5, 0.6) is 0 Å². The van der Waals surface area contributed by atoms with Crippen LogP contribution in [-0.2, 0) is 16.1 Å². The Hall–Kier alpha value is -1.50. The predicted octanol–water partition coefficient (Wildman–Crippen LogP) is 1.62. The first-order chi connectivity index (χ1) is 13.1. The molecule has 1 N–H and O–H groups in total. The quantitative estimate of drug-likeness (QED) is 0.786. The summed E-state index contributed by atoms with van der Waals surface area (Å²) in [6.07, 6.45) is 4.67. The second kappa shape index (κ2) is 10.2. The monoisotopic (exact) mass is 374 g/mol. The van der Waals surface area contributed by atoms with Gasteiger partial charge in [0.25, 0.3) is 0 Å². The average Bonchev–Trinajstić information content (AvgIpc) is 2.67. The Bertz CT molecular complexity index is 575. The molecule has 27 heavy (non-hydrogen) atoms. The highest BCUT2D eigenvalue weighted by Crippen LogP contribution is 2.25. The number of rotatable bonds is 7. The van der Waals surface area contributed by atoms with Gasteiger partial charge < -0.3 is 10.1 Å². The molecule has 3 rings (SSSR count). The molecule has 0 saturated carbocycles. The van der Waals surface area contributed by atoms with E-state index in [0.29, 0.717) is 11.8 Å². The van der Waals surface area contributed by atoms with Crippen molar-refractivity contribution in [2.75, 3.05) is 52.5 Å². The lowest BCUT2D eigenvalue weighted by molar-refractivity contribution is -0.128. The molecular weight excluding hydrogens is 340 g/mol. The summed E-state index contributed by atoms with van der Waals surface area (Å²) in [5.41, 5.74) is 1.26. The molecule has 2 saturated heterocycles. The number of nitrogens with zero attached hydrogens (tertiary/aromatic N) is 3. The molecule has 1 aromatic heterocycles. The molecule has 1 aromatic rings. The predicted molar refractivity (Wildman–Crippen MR) is 106 cm³/mol. The van der Waals surface area contributed by atoms with Crippen molar-refractivity contribution < 1.29 is 9.53 Å². The molecule has 6 nitrogen and oxygen atoms in total. The number of nitrogens with one attached hydrogen (secondary N) is 1. The van der Waals surface area contributed by atoms with Crippen molar-refractivity contribution in [1.29, 1.82) is 0 Å². The molecule has 0 aliphatic carbocycles. The fraction of sp³-hybridized carbons (Fsp3) is 0.714. The van der Waals surface area contributed by atoms with E-state index in [-0.39, 0.29) is 11.8 Å². The molecule has 2 aliphatic rings. The molecule has 3 heterocycles. The molecule has 150 valence electrons. The van der Waals surface area contributed by atoms with E-state index in [1.54, 1.807) is 0 Å². The van der Waals surface area contributed by atoms with Crippen LogP contribution in [0.4, 0.5) is 0 Å². The standard InChI is InChI=1S/C21H34N4O2/c1-17(2)12-23-21(26)20-11-19(14-24-7-9-27-10-8-24)15-25(16-20)13-18-3-5-22-6-4-18/h3-6,17,19-20H,7-16H2,1-2H3,(H,23,26)/t19-,20-/m1/s1. The van der Waals surface area contributed by atoms with Gasteiger partial charge in [-0.05, 0) is 36.0 Å². The van der Waals surface area contributed by atoms with Crippen LogP contribution < -0.4 is 5.32 Å². The average molecular weight is 375 g/mol. The van der Waals surface area contributed by atoms with Gasteiger partial charge in [0.05, 0.1) is 19.1 Å². The number of hydrogen-bond acceptors (Lipinski definition) is 5. The molecule has 2 fully saturated rings. The summed E-state index contributed by atoms with van der Waals surface area (Å²) < 4.78 is 5.48. The fourth-order valence-corrected chi connectivity index (χ4v) is 4.10. The first kappa shape index (κ1) is 20.2. The number of likely N-dealkylation sites (tertiary alicyclic amines) is 1. The zero-order chi connectivity index (χ0) is 19.1. The molecule has 1 amide bonds. The summed E-state index contributed by atoms with van der Waals surface area (Å²) in [6, 6.07) is 4.14. The van der Waals surface area contributed by atoms with E-state index >= 15 is 0 Å². The smallest absolute Gasteiger partial charge is 0.224 e. The third kappa shape index (κ3) is 6.55. The van der Waals surface area contributed by atoms with E-state index < -0.39 is 0 Å². The van der Waals surface area contributed by atoms with Crippen LogP contribution in [0, 0.1) is 17.8 Å². The first-order valence-electron chi connectivity index (χ1n) is 10.3. The van der Waals surface area contributed by atoms with Gasteiger partial charge in [0.1, 0.15) is 0 Å². The molecule has 0 aromatic carbocycles. The SMILES string of the molecule is CC(C)CNC(=O)[C@@H]1C[C@H](CN2CCOCC2)CN(Cc2ccncc2)C1. The van der Waals surface area contributed by atoms with Gasteiger partial charge in [0.2, 0.25) is 5.91 Å². The molecule has 2 aliphatic heterocycles. The minimum atomic E-state index is 0.0744. The molecule has 6 heteroatoms. The van der Waals surface area contributed by atoms with Gasteiger partial charge >= 0.3 is 0 Å². The third-order valence-corrected chi connectivity index (χ3v) is 5.44. The molecule has 0 spiro atoms. The number of pyridine rings is 1. The van der Waals surface area contributed by atoms with Gasteiger partial charge in [-0.1, -0.05) is 13.8 Å². The topological polar surface area (TPSA) is 57.7 Å². The van der Waals surface area contributed by atoms with Crippen molar-refractivity contribution in [1.82, 2.24) is 20.1 Å². The van der Waals surface area contributed by atoms with Gasteiger partial charge in [0, 0.05) is 58.2 Å². The fourth-order valence-electron chi connectivity index (χ4n) is 4.10. The zero-order valence-electron chi connectivity index (χ0n) is 16.8. The lowest BCUT2D eigenvalue weighted by Gasteiger charge is -2.40. The maximum absolute atomic E-state index is 12.8. The van der Waals surface area contributed by atoms with Crippen LogP contribution in [-0.4, -0.2) is 73.2 Å². The third-order valence-electron chi connectivity index (χ3n) is 5.44. The highest BCUT2D eigenvalue weighted by atomic mass is 16.5. The number of aromatic nitrogens is 1. The van der Waals surface area contributed by atoms with Crippen LogP contribution in [0.3, 0.4) is 0 Å². The van der Waals surface area contributed by atoms with Crippen LogP contribution in [0.2, 0.25) is 0 Å². The van der Waals surface area contributed by atoms with Crippen LogP contribution in [0.15, 0.2) is 24.5 Å². The van der Waals surface area contributed by atoms with Crippen molar-refractivity contribution in [3.8, 4) is 0 Å². The largest absolute Gasteiger partial charge is 0.379 e.